The second-order valence-corrected chi connectivity index (χ2v) is 14.0. The number of hydrogen-bond acceptors (Lipinski definition) is 4. The first kappa shape index (κ1) is 44.0. The zero-order valence-corrected chi connectivity index (χ0v) is 30.8. The Morgan fingerprint density at radius 1 is 0.522 bits per heavy atom. The third kappa shape index (κ3) is 26.2. The number of aliphatic carboxylic acids is 1. The van der Waals surface area contributed by atoms with Crippen molar-refractivity contribution in [2.24, 2.45) is 0 Å². The molecule has 268 valence electrons. The van der Waals surface area contributed by atoms with E-state index < -0.39 is 22.6 Å². The molecule has 0 aliphatic rings. The third-order valence-electron chi connectivity index (χ3n) is 9.40. The molecule has 1 rings (SSSR count). The van der Waals surface area contributed by atoms with Gasteiger partial charge in [-0.15, -0.1) is 0 Å². The van der Waals surface area contributed by atoms with Crippen LogP contribution in [0.15, 0.2) is 30.6 Å². The number of nitrogens with zero attached hydrogens (tertiary/aromatic N) is 2. The predicted octanol–water partition coefficient (Wildman–Crippen LogP) is 9.07. The largest absolute Gasteiger partial charge is 0.544 e. The number of carboxylic acid groups (broad SMARTS) is 2. The number of carbonyl (C=O) groups is 2. The molecule has 0 bridgehead atoms. The molecule has 1 unspecified atom stereocenters. The first-order chi connectivity index (χ1) is 22.3. The fourth-order valence-electron chi connectivity index (χ4n) is 6.08. The molecule has 0 N–H and O–H groups in total. The molecule has 0 saturated carbocycles. The van der Waals surface area contributed by atoms with Crippen LogP contribution in [-0.4, -0.2) is 36.7 Å². The number of hydrogen-bond donors (Lipinski definition) is 0. The van der Waals surface area contributed by atoms with Crippen LogP contribution in [0.4, 0.5) is 4.79 Å². The van der Waals surface area contributed by atoms with Crippen molar-refractivity contribution in [1.29, 1.82) is 0 Å². The van der Waals surface area contributed by atoms with E-state index >= 15 is 0 Å². The fourth-order valence-corrected chi connectivity index (χ4v) is 6.08. The van der Waals surface area contributed by atoms with E-state index in [1.54, 1.807) is 0 Å². The highest BCUT2D eigenvalue weighted by molar-refractivity contribution is 5.72. The number of unbranched alkanes of at least 4 members (excludes halogenated alkanes) is 24. The molecule has 0 fully saturated rings. The van der Waals surface area contributed by atoms with Crippen LogP contribution in [0.1, 0.15) is 187 Å². The number of likely N-dealkylation sites (N-methyl/N-ethyl adjacent to an activating group) is 1. The number of amides is 1. The van der Waals surface area contributed by atoms with Gasteiger partial charge in [0.2, 0.25) is 0 Å². The van der Waals surface area contributed by atoms with E-state index in [0.29, 0.717) is 12.8 Å². The Balaban J connectivity index is 0.000000883. The van der Waals surface area contributed by atoms with Crippen LogP contribution in [0.2, 0.25) is 0 Å². The first-order valence-corrected chi connectivity index (χ1v) is 19.5. The number of pyridine rings is 1. The van der Waals surface area contributed by atoms with Gasteiger partial charge in [-0.05, 0) is 12.8 Å². The van der Waals surface area contributed by atoms with Gasteiger partial charge in [0.15, 0.2) is 12.4 Å². The van der Waals surface area contributed by atoms with Gasteiger partial charge in [-0.25, -0.2) is 4.57 Å². The average Bonchev–Trinajstić information content (AvgIpc) is 3.04. The number of carbonyl (C=O) groups excluding carboxylic acids is 2. The fraction of sp³-hybridized carbons (Fsp3) is 0.825. The molecule has 1 aromatic rings. The summed E-state index contributed by atoms with van der Waals surface area (Å²) in [7, 11) is 2.69. The molecule has 0 spiro atoms. The quantitative estimate of drug-likeness (QED) is 0.0474. The molecule has 0 radical (unpaired) electrons. The lowest BCUT2D eigenvalue weighted by atomic mass is 10.0. The molecule has 1 amide bonds. The van der Waals surface area contributed by atoms with Crippen LogP contribution in [-0.2, 0) is 11.3 Å². The Morgan fingerprint density at radius 2 is 0.848 bits per heavy atom. The standard InChI is InChI=1S/C21H38N.C19H37NO4/c1-2-3-4-5-6-7-8-9-10-11-12-13-14-16-19-22-20-17-15-18-21-22;1-4-5-6-7-8-9-10-11-12-13-14-15-16-17(18(21)22)20(2,3)19(23)24/h15,17-18,20-21H,2-14,16,19H2,1H3;17H,4-16H2,1-3H3,(H-,21,22,23,24)/q+1;/p-1. The van der Waals surface area contributed by atoms with Crippen LogP contribution in [0.3, 0.4) is 0 Å². The Hall–Kier alpha value is -1.95. The Labute approximate surface area is 285 Å². The minimum absolute atomic E-state index is 0.320. The van der Waals surface area contributed by atoms with Gasteiger partial charge in [0.05, 0.1) is 20.1 Å². The summed E-state index contributed by atoms with van der Waals surface area (Å²) in [5, 5.41) is 22.2. The van der Waals surface area contributed by atoms with Crippen LogP contribution in [0.5, 0.6) is 0 Å². The summed E-state index contributed by atoms with van der Waals surface area (Å²) in [6, 6.07) is 5.27. The van der Waals surface area contributed by atoms with E-state index in [0.717, 1.165) is 12.8 Å². The summed E-state index contributed by atoms with van der Waals surface area (Å²) in [5.41, 5.74) is 0. The van der Waals surface area contributed by atoms with Crippen LogP contribution < -0.4 is 14.8 Å². The SMILES string of the molecule is CCCCCCCCCCCCCCC(C(=O)[O-])[N+](C)(C)C(=O)[O-].CCCCCCCCCCCCCCCC[n+]1ccccc1. The topological polar surface area (TPSA) is 84.1 Å². The molecule has 46 heavy (non-hydrogen) atoms. The minimum atomic E-state index is -1.39. The van der Waals surface area contributed by atoms with E-state index in [1.807, 2.05) is 0 Å². The molecule has 1 atom stereocenters. The van der Waals surface area contributed by atoms with Gasteiger partial charge in [0, 0.05) is 25.0 Å². The van der Waals surface area contributed by atoms with Crippen molar-refractivity contribution in [2.45, 2.75) is 200 Å². The van der Waals surface area contributed by atoms with Crippen molar-refractivity contribution in [3.63, 3.8) is 0 Å². The number of aromatic nitrogens is 1. The summed E-state index contributed by atoms with van der Waals surface area (Å²) in [4.78, 5) is 22.2. The molecule has 0 aliphatic carbocycles. The van der Waals surface area contributed by atoms with E-state index in [1.165, 1.54) is 168 Å². The molecule has 1 aromatic heterocycles. The highest BCUT2D eigenvalue weighted by Crippen LogP contribution is 2.17. The summed E-state index contributed by atoms with van der Waals surface area (Å²) in [6.45, 7) is 5.70. The average molecular weight is 647 g/mol. The van der Waals surface area contributed by atoms with E-state index in [2.05, 4.69) is 49.0 Å². The lowest BCUT2D eigenvalue weighted by molar-refractivity contribution is -0.857. The highest BCUT2D eigenvalue weighted by atomic mass is 16.4. The zero-order valence-electron chi connectivity index (χ0n) is 30.8. The van der Waals surface area contributed by atoms with Crippen molar-refractivity contribution in [3.8, 4) is 0 Å². The van der Waals surface area contributed by atoms with E-state index in [4.69, 9.17) is 0 Å². The van der Waals surface area contributed by atoms with Crippen molar-refractivity contribution in [1.82, 2.24) is 0 Å². The van der Waals surface area contributed by atoms with Gasteiger partial charge in [0.1, 0.15) is 12.6 Å². The molecule has 6 heteroatoms. The van der Waals surface area contributed by atoms with E-state index in [9.17, 15) is 19.8 Å². The molecular formula is C40H74N2O4. The van der Waals surface area contributed by atoms with Gasteiger partial charge in [0.25, 0.3) is 6.09 Å². The first-order valence-electron chi connectivity index (χ1n) is 19.5. The van der Waals surface area contributed by atoms with Gasteiger partial charge in [-0.1, -0.05) is 168 Å². The van der Waals surface area contributed by atoms with Crippen molar-refractivity contribution in [2.75, 3.05) is 14.1 Å². The summed E-state index contributed by atoms with van der Waals surface area (Å²) in [5.74, 6) is -1.31. The normalized spacial score (nSPS) is 12.0. The van der Waals surface area contributed by atoms with Gasteiger partial charge in [-0.2, -0.15) is 0 Å². The monoisotopic (exact) mass is 647 g/mol. The van der Waals surface area contributed by atoms with Crippen LogP contribution in [0.25, 0.3) is 0 Å². The molecule has 0 aromatic carbocycles. The molecule has 6 nitrogen and oxygen atoms in total. The lowest BCUT2D eigenvalue weighted by Crippen LogP contribution is -2.63. The Kier molecular flexibility index (Phi) is 30.3. The minimum Gasteiger partial charge on any atom is -0.544 e. The highest BCUT2D eigenvalue weighted by Gasteiger charge is 2.31. The summed E-state index contributed by atoms with van der Waals surface area (Å²) in [6.07, 6.45) is 37.8. The van der Waals surface area contributed by atoms with Crippen molar-refractivity contribution in [3.05, 3.63) is 30.6 Å². The maximum atomic E-state index is 11.2. The number of quaternary nitrogens is 1. The van der Waals surface area contributed by atoms with Crippen LogP contribution >= 0.6 is 0 Å². The Morgan fingerprint density at radius 3 is 1.17 bits per heavy atom. The van der Waals surface area contributed by atoms with Gasteiger partial charge in [-0.3, -0.25) is 4.48 Å². The number of carboxylic acids is 1. The number of rotatable bonds is 30. The molecule has 0 aliphatic heterocycles. The van der Waals surface area contributed by atoms with Crippen molar-refractivity contribution >= 4 is 12.1 Å². The second kappa shape index (κ2) is 31.6. The Bertz CT molecular complexity index is 815. The smallest absolute Gasteiger partial charge is 0.257 e. The van der Waals surface area contributed by atoms with Gasteiger partial charge >= 0.3 is 0 Å². The van der Waals surface area contributed by atoms with E-state index in [-0.39, 0.29) is 0 Å². The molecule has 1 heterocycles. The van der Waals surface area contributed by atoms with Crippen LogP contribution in [0, 0.1) is 0 Å². The molecular weight excluding hydrogens is 572 g/mol. The second-order valence-electron chi connectivity index (χ2n) is 14.0. The van der Waals surface area contributed by atoms with Crippen molar-refractivity contribution < 1.29 is 28.9 Å². The lowest BCUT2D eigenvalue weighted by Gasteiger charge is -2.37. The predicted molar refractivity (Wildman–Crippen MR) is 189 cm³/mol. The third-order valence-corrected chi connectivity index (χ3v) is 9.40. The summed E-state index contributed by atoms with van der Waals surface area (Å²) >= 11 is 0. The molecule has 0 saturated heterocycles. The van der Waals surface area contributed by atoms with Gasteiger partial charge < -0.3 is 19.8 Å². The summed E-state index contributed by atoms with van der Waals surface area (Å²) < 4.78 is 1.61. The zero-order chi connectivity index (χ0) is 34.1. The number of aryl methyl sites for hydroxylation is 1. The maximum Gasteiger partial charge on any atom is 0.257 e. The maximum absolute atomic E-state index is 11.2.